The van der Waals surface area contributed by atoms with Gasteiger partial charge in [0.2, 0.25) is 0 Å². The number of fused-ring (bicyclic) bond motifs is 1. The minimum Gasteiger partial charge on any atom is -0.424 e. The summed E-state index contributed by atoms with van der Waals surface area (Å²) in [6, 6.07) is 16.0. The molecule has 3 aromatic rings. The van der Waals surface area contributed by atoms with Crippen molar-refractivity contribution in [3.8, 4) is 11.1 Å². The fourth-order valence-corrected chi connectivity index (χ4v) is 3.34. The number of oxazole rings is 1. The molecular weight excluding hydrogens is 284 g/mol. The zero-order chi connectivity index (χ0) is 15.6. The standard InChI is InChI=1S/C20H22N2O/c1-14-7-9-15(10-8-14)16-11-12-19-18(13-16)22-20(23-19)21-17-5-3-2-4-6-17/h7-13,17H,2-6H2,1H3,(H,21,22). The van der Waals surface area contributed by atoms with Crippen LogP contribution in [0.25, 0.3) is 22.2 Å². The Morgan fingerprint density at radius 3 is 2.48 bits per heavy atom. The molecule has 1 saturated carbocycles. The van der Waals surface area contributed by atoms with E-state index in [9.17, 15) is 0 Å². The van der Waals surface area contributed by atoms with E-state index in [0.29, 0.717) is 12.1 Å². The van der Waals surface area contributed by atoms with E-state index in [1.54, 1.807) is 0 Å². The molecule has 4 rings (SSSR count). The van der Waals surface area contributed by atoms with Gasteiger partial charge in [0.1, 0.15) is 5.52 Å². The molecule has 118 valence electrons. The van der Waals surface area contributed by atoms with E-state index in [0.717, 1.165) is 11.1 Å². The molecule has 0 bridgehead atoms. The molecule has 1 aromatic heterocycles. The van der Waals surface area contributed by atoms with Crippen LogP contribution < -0.4 is 5.32 Å². The van der Waals surface area contributed by atoms with E-state index in [4.69, 9.17) is 4.42 Å². The maximum atomic E-state index is 5.86. The van der Waals surface area contributed by atoms with Gasteiger partial charge in [-0.2, -0.15) is 4.98 Å². The number of anilines is 1. The summed E-state index contributed by atoms with van der Waals surface area (Å²) < 4.78 is 5.86. The lowest BCUT2D eigenvalue weighted by Crippen LogP contribution is -2.22. The topological polar surface area (TPSA) is 38.1 Å². The molecule has 1 aliphatic carbocycles. The van der Waals surface area contributed by atoms with Crippen LogP contribution >= 0.6 is 0 Å². The highest BCUT2D eigenvalue weighted by Crippen LogP contribution is 2.28. The zero-order valence-corrected chi connectivity index (χ0v) is 13.5. The maximum absolute atomic E-state index is 5.86. The molecule has 0 unspecified atom stereocenters. The number of nitrogens with zero attached hydrogens (tertiary/aromatic N) is 1. The van der Waals surface area contributed by atoms with Gasteiger partial charge in [-0.1, -0.05) is 55.2 Å². The van der Waals surface area contributed by atoms with E-state index in [-0.39, 0.29) is 0 Å². The summed E-state index contributed by atoms with van der Waals surface area (Å²) in [6.45, 7) is 2.10. The third kappa shape index (κ3) is 3.09. The molecule has 2 aromatic carbocycles. The second kappa shape index (κ2) is 6.07. The highest BCUT2D eigenvalue weighted by molar-refractivity contribution is 5.81. The van der Waals surface area contributed by atoms with Crippen molar-refractivity contribution in [2.24, 2.45) is 0 Å². The molecule has 3 nitrogen and oxygen atoms in total. The van der Waals surface area contributed by atoms with Crippen molar-refractivity contribution in [1.29, 1.82) is 0 Å². The van der Waals surface area contributed by atoms with Crippen LogP contribution in [0.1, 0.15) is 37.7 Å². The summed E-state index contributed by atoms with van der Waals surface area (Å²) in [7, 11) is 0. The Kier molecular flexibility index (Phi) is 3.78. The largest absolute Gasteiger partial charge is 0.424 e. The Hall–Kier alpha value is -2.29. The molecule has 0 saturated heterocycles. The number of aryl methyl sites for hydroxylation is 1. The minimum absolute atomic E-state index is 0.508. The smallest absolute Gasteiger partial charge is 0.295 e. The lowest BCUT2D eigenvalue weighted by atomic mass is 9.96. The van der Waals surface area contributed by atoms with Gasteiger partial charge in [0.15, 0.2) is 5.58 Å². The van der Waals surface area contributed by atoms with Gasteiger partial charge < -0.3 is 9.73 Å². The first-order chi connectivity index (χ1) is 11.3. The van der Waals surface area contributed by atoms with Crippen LogP contribution in [0.4, 0.5) is 6.01 Å². The lowest BCUT2D eigenvalue weighted by Gasteiger charge is -2.21. The van der Waals surface area contributed by atoms with Gasteiger partial charge in [0.05, 0.1) is 0 Å². The van der Waals surface area contributed by atoms with Crippen LogP contribution in [0.15, 0.2) is 46.9 Å². The summed E-state index contributed by atoms with van der Waals surface area (Å²) in [6.07, 6.45) is 6.39. The zero-order valence-electron chi connectivity index (χ0n) is 13.5. The number of hydrogen-bond donors (Lipinski definition) is 1. The fourth-order valence-electron chi connectivity index (χ4n) is 3.34. The molecule has 23 heavy (non-hydrogen) atoms. The number of rotatable bonds is 3. The van der Waals surface area contributed by atoms with E-state index in [1.807, 2.05) is 6.07 Å². The summed E-state index contributed by atoms with van der Waals surface area (Å²) >= 11 is 0. The molecular formula is C20H22N2O. The molecule has 3 heteroatoms. The van der Waals surface area contributed by atoms with Gasteiger partial charge in [-0.3, -0.25) is 0 Å². The third-order valence-electron chi connectivity index (χ3n) is 4.71. The van der Waals surface area contributed by atoms with Gasteiger partial charge in [0.25, 0.3) is 6.01 Å². The number of hydrogen-bond acceptors (Lipinski definition) is 3. The average Bonchev–Trinajstić information content (AvgIpc) is 2.98. The maximum Gasteiger partial charge on any atom is 0.295 e. The van der Waals surface area contributed by atoms with Crippen molar-refractivity contribution in [2.75, 3.05) is 5.32 Å². The molecule has 0 atom stereocenters. The SMILES string of the molecule is Cc1ccc(-c2ccc3oc(NC4CCCCC4)nc3c2)cc1. The van der Waals surface area contributed by atoms with Crippen molar-refractivity contribution in [3.05, 3.63) is 48.0 Å². The molecule has 1 N–H and O–H groups in total. The molecule has 0 spiro atoms. The Labute approximate surface area is 136 Å². The summed E-state index contributed by atoms with van der Waals surface area (Å²) in [5.41, 5.74) is 5.42. The third-order valence-corrected chi connectivity index (χ3v) is 4.71. The van der Waals surface area contributed by atoms with Crippen LogP contribution in [0.5, 0.6) is 0 Å². The predicted molar refractivity (Wildman–Crippen MR) is 94.7 cm³/mol. The molecule has 0 radical (unpaired) electrons. The van der Waals surface area contributed by atoms with Gasteiger partial charge >= 0.3 is 0 Å². The highest BCUT2D eigenvalue weighted by Gasteiger charge is 2.16. The van der Waals surface area contributed by atoms with Crippen molar-refractivity contribution in [3.63, 3.8) is 0 Å². The van der Waals surface area contributed by atoms with Crippen molar-refractivity contribution in [1.82, 2.24) is 4.98 Å². The van der Waals surface area contributed by atoms with Gasteiger partial charge in [-0.05, 0) is 43.0 Å². The quantitative estimate of drug-likeness (QED) is 0.689. The number of benzene rings is 2. The van der Waals surface area contributed by atoms with Crippen LogP contribution in [-0.4, -0.2) is 11.0 Å². The van der Waals surface area contributed by atoms with E-state index < -0.39 is 0 Å². The minimum atomic E-state index is 0.508. The first-order valence-electron chi connectivity index (χ1n) is 8.52. The van der Waals surface area contributed by atoms with E-state index >= 15 is 0 Å². The Morgan fingerprint density at radius 2 is 1.70 bits per heavy atom. The second-order valence-corrected chi connectivity index (χ2v) is 6.55. The first-order valence-corrected chi connectivity index (χ1v) is 8.52. The molecule has 0 aliphatic heterocycles. The molecule has 1 heterocycles. The Balaban J connectivity index is 1.60. The van der Waals surface area contributed by atoms with Gasteiger partial charge in [-0.25, -0.2) is 0 Å². The molecule has 1 fully saturated rings. The summed E-state index contributed by atoms with van der Waals surface area (Å²) in [5, 5.41) is 3.46. The molecule has 1 aliphatic rings. The van der Waals surface area contributed by atoms with Crippen LogP contribution in [-0.2, 0) is 0 Å². The van der Waals surface area contributed by atoms with Crippen LogP contribution in [0.3, 0.4) is 0 Å². The van der Waals surface area contributed by atoms with Crippen LogP contribution in [0, 0.1) is 6.92 Å². The van der Waals surface area contributed by atoms with Crippen LogP contribution in [0.2, 0.25) is 0 Å². The van der Waals surface area contributed by atoms with Gasteiger partial charge in [-0.15, -0.1) is 0 Å². The fraction of sp³-hybridized carbons (Fsp3) is 0.350. The predicted octanol–water partition coefficient (Wildman–Crippen LogP) is 5.55. The van der Waals surface area contributed by atoms with Crippen molar-refractivity contribution in [2.45, 2.75) is 45.1 Å². The van der Waals surface area contributed by atoms with Crippen molar-refractivity contribution < 1.29 is 4.42 Å². The van der Waals surface area contributed by atoms with Crippen molar-refractivity contribution >= 4 is 17.1 Å². The monoisotopic (exact) mass is 306 g/mol. The Bertz CT molecular complexity index is 798. The number of nitrogens with one attached hydrogen (secondary N) is 1. The average molecular weight is 306 g/mol. The van der Waals surface area contributed by atoms with E-state index in [1.165, 1.54) is 48.8 Å². The molecule has 0 amide bonds. The first kappa shape index (κ1) is 14.3. The Morgan fingerprint density at radius 1 is 0.957 bits per heavy atom. The summed E-state index contributed by atoms with van der Waals surface area (Å²) in [4.78, 5) is 4.63. The normalized spacial score (nSPS) is 15.9. The number of aromatic nitrogens is 1. The highest BCUT2D eigenvalue weighted by atomic mass is 16.4. The lowest BCUT2D eigenvalue weighted by molar-refractivity contribution is 0.451. The second-order valence-electron chi connectivity index (χ2n) is 6.55. The summed E-state index contributed by atoms with van der Waals surface area (Å²) in [5.74, 6) is 0. The van der Waals surface area contributed by atoms with Gasteiger partial charge in [0, 0.05) is 6.04 Å². The van der Waals surface area contributed by atoms with E-state index in [2.05, 4.69) is 53.6 Å².